The highest BCUT2D eigenvalue weighted by Crippen LogP contribution is 2.22. The van der Waals surface area contributed by atoms with E-state index in [0.717, 1.165) is 25.1 Å². The van der Waals surface area contributed by atoms with Gasteiger partial charge in [-0.25, -0.2) is 0 Å². The first-order valence-corrected chi connectivity index (χ1v) is 6.05. The lowest BCUT2D eigenvalue weighted by Crippen LogP contribution is -2.28. The van der Waals surface area contributed by atoms with Crippen molar-refractivity contribution in [2.45, 2.75) is 38.8 Å². The van der Waals surface area contributed by atoms with E-state index in [2.05, 4.69) is 23.8 Å². The van der Waals surface area contributed by atoms with Crippen LogP contribution in [0, 0.1) is 0 Å². The number of hydrogen-bond donors (Lipinski definition) is 1. The monoisotopic (exact) mass is 237 g/mol. The molecule has 0 amide bonds. The Kier molecular flexibility index (Phi) is 3.47. The molecule has 1 unspecified atom stereocenters. The zero-order valence-electron chi connectivity index (χ0n) is 10.3. The zero-order valence-corrected chi connectivity index (χ0v) is 10.3. The van der Waals surface area contributed by atoms with Crippen molar-refractivity contribution >= 4 is 5.97 Å². The summed E-state index contributed by atoms with van der Waals surface area (Å²) in [6.07, 6.45) is 4.67. The highest BCUT2D eigenvalue weighted by atomic mass is 16.4. The van der Waals surface area contributed by atoms with Gasteiger partial charge in [0, 0.05) is 30.9 Å². The third-order valence-electron chi connectivity index (χ3n) is 3.31. The van der Waals surface area contributed by atoms with Gasteiger partial charge in [-0.2, -0.15) is 5.10 Å². The molecule has 5 nitrogen and oxygen atoms in total. The van der Waals surface area contributed by atoms with Crippen LogP contribution in [0.15, 0.2) is 12.4 Å². The maximum Gasteiger partial charge on any atom is 0.307 e. The van der Waals surface area contributed by atoms with Gasteiger partial charge in [-0.1, -0.05) is 0 Å². The summed E-state index contributed by atoms with van der Waals surface area (Å²) >= 11 is 0. The molecule has 0 bridgehead atoms. The number of hydrogen-bond acceptors (Lipinski definition) is 3. The molecule has 2 heterocycles. The lowest BCUT2D eigenvalue weighted by molar-refractivity contribution is -0.136. The lowest BCUT2D eigenvalue weighted by atomic mass is 10.2. The van der Waals surface area contributed by atoms with E-state index in [1.165, 1.54) is 0 Å². The second-order valence-corrected chi connectivity index (χ2v) is 4.93. The summed E-state index contributed by atoms with van der Waals surface area (Å²) in [5.74, 6) is -0.806. The molecule has 1 aromatic rings. The second kappa shape index (κ2) is 4.87. The minimum atomic E-state index is -0.806. The standard InChI is InChI=1S/C12H19N3O2/c1-9(2)14-4-3-11(8-14)15-7-10(6-13-15)5-12(16)17/h6-7,9,11H,3-5,8H2,1-2H3,(H,16,17). The van der Waals surface area contributed by atoms with Crippen molar-refractivity contribution in [3.05, 3.63) is 18.0 Å². The number of carboxylic acids is 1. The third kappa shape index (κ3) is 2.85. The number of likely N-dealkylation sites (tertiary alicyclic amines) is 1. The van der Waals surface area contributed by atoms with E-state index in [1.807, 2.05) is 10.9 Å². The van der Waals surface area contributed by atoms with Gasteiger partial charge in [-0.15, -0.1) is 0 Å². The third-order valence-corrected chi connectivity index (χ3v) is 3.31. The van der Waals surface area contributed by atoms with Gasteiger partial charge in [0.1, 0.15) is 0 Å². The number of nitrogens with zero attached hydrogens (tertiary/aromatic N) is 3. The summed E-state index contributed by atoms with van der Waals surface area (Å²) in [7, 11) is 0. The first kappa shape index (κ1) is 12.1. The normalized spacial score (nSPS) is 21.2. The topological polar surface area (TPSA) is 58.4 Å². The number of carboxylic acid groups (broad SMARTS) is 1. The molecule has 1 atom stereocenters. The SMILES string of the molecule is CC(C)N1CCC(n2cc(CC(=O)O)cn2)C1. The van der Waals surface area contributed by atoms with Crippen molar-refractivity contribution in [1.29, 1.82) is 0 Å². The van der Waals surface area contributed by atoms with E-state index >= 15 is 0 Å². The van der Waals surface area contributed by atoms with Gasteiger partial charge in [0.05, 0.1) is 18.7 Å². The molecule has 1 N–H and O–H groups in total. The van der Waals surface area contributed by atoms with Crippen molar-refractivity contribution in [2.24, 2.45) is 0 Å². The molecular formula is C12H19N3O2. The molecule has 0 aliphatic carbocycles. The summed E-state index contributed by atoms with van der Waals surface area (Å²) in [6, 6.07) is 0.953. The number of aromatic nitrogens is 2. The van der Waals surface area contributed by atoms with E-state index in [1.54, 1.807) is 6.20 Å². The summed E-state index contributed by atoms with van der Waals surface area (Å²) < 4.78 is 1.92. The van der Waals surface area contributed by atoms with Crippen LogP contribution in [0.4, 0.5) is 0 Å². The van der Waals surface area contributed by atoms with Crippen molar-refractivity contribution in [3.63, 3.8) is 0 Å². The van der Waals surface area contributed by atoms with Crippen LogP contribution in [0.3, 0.4) is 0 Å². The largest absolute Gasteiger partial charge is 0.481 e. The fourth-order valence-corrected chi connectivity index (χ4v) is 2.30. The number of rotatable bonds is 4. The molecule has 1 aliphatic heterocycles. The van der Waals surface area contributed by atoms with Crippen LogP contribution < -0.4 is 0 Å². The fourth-order valence-electron chi connectivity index (χ4n) is 2.30. The van der Waals surface area contributed by atoms with Gasteiger partial charge in [-0.3, -0.25) is 14.4 Å². The van der Waals surface area contributed by atoms with Crippen molar-refractivity contribution in [3.8, 4) is 0 Å². The Morgan fingerprint density at radius 2 is 2.41 bits per heavy atom. The number of carbonyl (C=O) groups is 1. The molecular weight excluding hydrogens is 218 g/mol. The van der Waals surface area contributed by atoms with Crippen LogP contribution in [0.5, 0.6) is 0 Å². The van der Waals surface area contributed by atoms with Crippen LogP contribution >= 0.6 is 0 Å². The van der Waals surface area contributed by atoms with Crippen LogP contribution in [0.2, 0.25) is 0 Å². The predicted octanol–water partition coefficient (Wildman–Crippen LogP) is 1.17. The Morgan fingerprint density at radius 1 is 1.65 bits per heavy atom. The van der Waals surface area contributed by atoms with Crippen molar-refractivity contribution in [2.75, 3.05) is 13.1 Å². The molecule has 0 aromatic carbocycles. The predicted molar refractivity (Wildman–Crippen MR) is 63.9 cm³/mol. The maximum absolute atomic E-state index is 10.6. The van der Waals surface area contributed by atoms with Crippen molar-refractivity contribution in [1.82, 2.24) is 14.7 Å². The van der Waals surface area contributed by atoms with Crippen molar-refractivity contribution < 1.29 is 9.90 Å². The summed E-state index contributed by atoms with van der Waals surface area (Å²) in [5.41, 5.74) is 0.778. The van der Waals surface area contributed by atoms with E-state index in [9.17, 15) is 4.79 Å². The van der Waals surface area contributed by atoms with E-state index < -0.39 is 5.97 Å². The van der Waals surface area contributed by atoms with Crippen LogP contribution in [0.25, 0.3) is 0 Å². The Labute approximate surface area is 101 Å². The molecule has 0 radical (unpaired) electrons. The molecule has 0 saturated carbocycles. The Balaban J connectivity index is 1.99. The fraction of sp³-hybridized carbons (Fsp3) is 0.667. The lowest BCUT2D eigenvalue weighted by Gasteiger charge is -2.20. The molecule has 1 aliphatic rings. The molecule has 2 rings (SSSR count). The molecule has 1 fully saturated rings. The molecule has 5 heteroatoms. The molecule has 94 valence electrons. The summed E-state index contributed by atoms with van der Waals surface area (Å²) in [4.78, 5) is 13.0. The average molecular weight is 237 g/mol. The van der Waals surface area contributed by atoms with Gasteiger partial charge in [0.25, 0.3) is 0 Å². The van der Waals surface area contributed by atoms with Gasteiger partial charge in [0.15, 0.2) is 0 Å². The Bertz CT molecular complexity index is 400. The Morgan fingerprint density at radius 3 is 3.00 bits per heavy atom. The second-order valence-electron chi connectivity index (χ2n) is 4.93. The van der Waals surface area contributed by atoms with Gasteiger partial charge in [0.2, 0.25) is 0 Å². The first-order valence-electron chi connectivity index (χ1n) is 6.05. The van der Waals surface area contributed by atoms with E-state index in [-0.39, 0.29) is 6.42 Å². The molecule has 1 aromatic heterocycles. The summed E-state index contributed by atoms with van der Waals surface area (Å²) in [6.45, 7) is 6.49. The smallest absolute Gasteiger partial charge is 0.307 e. The zero-order chi connectivity index (χ0) is 12.4. The van der Waals surface area contributed by atoms with Crippen LogP contribution in [-0.4, -0.2) is 44.9 Å². The molecule has 17 heavy (non-hydrogen) atoms. The Hall–Kier alpha value is -1.36. The first-order chi connectivity index (χ1) is 8.06. The van der Waals surface area contributed by atoms with Gasteiger partial charge in [-0.05, 0) is 20.3 Å². The van der Waals surface area contributed by atoms with Crippen LogP contribution in [0.1, 0.15) is 31.9 Å². The number of aliphatic carboxylic acids is 1. The van der Waals surface area contributed by atoms with Gasteiger partial charge >= 0.3 is 5.97 Å². The molecule has 1 saturated heterocycles. The van der Waals surface area contributed by atoms with Crippen LogP contribution in [-0.2, 0) is 11.2 Å². The average Bonchev–Trinajstić information content (AvgIpc) is 2.83. The molecule has 0 spiro atoms. The minimum Gasteiger partial charge on any atom is -0.481 e. The maximum atomic E-state index is 10.6. The highest BCUT2D eigenvalue weighted by molar-refractivity contribution is 5.69. The minimum absolute atomic E-state index is 0.0562. The quantitative estimate of drug-likeness (QED) is 0.854. The summed E-state index contributed by atoms with van der Waals surface area (Å²) in [5, 5.41) is 13.0. The highest BCUT2D eigenvalue weighted by Gasteiger charge is 2.25. The van der Waals surface area contributed by atoms with Gasteiger partial charge < -0.3 is 5.11 Å². The van der Waals surface area contributed by atoms with E-state index in [0.29, 0.717) is 12.1 Å². The van der Waals surface area contributed by atoms with E-state index in [4.69, 9.17) is 5.11 Å².